The number of nitrogens with one attached hydrogen (secondary N) is 2. The molecule has 29 heavy (non-hydrogen) atoms. The van der Waals surface area contributed by atoms with Crippen molar-refractivity contribution in [2.24, 2.45) is 4.99 Å². The van der Waals surface area contributed by atoms with E-state index in [-0.39, 0.29) is 30.1 Å². The largest absolute Gasteiger partial charge is 0.493 e. The Morgan fingerprint density at radius 2 is 2.24 bits per heavy atom. The first-order chi connectivity index (χ1) is 13.8. The number of benzene rings is 1. The van der Waals surface area contributed by atoms with Crippen LogP contribution in [0.15, 0.2) is 29.3 Å². The van der Waals surface area contributed by atoms with Crippen LogP contribution in [0.5, 0.6) is 5.75 Å². The zero-order chi connectivity index (χ0) is 19.6. The summed E-state index contributed by atoms with van der Waals surface area (Å²) in [4.78, 5) is 7.30. The van der Waals surface area contributed by atoms with Crippen LogP contribution in [0.25, 0.3) is 0 Å². The van der Waals surface area contributed by atoms with E-state index in [9.17, 15) is 0 Å². The van der Waals surface area contributed by atoms with E-state index < -0.39 is 0 Å². The molecular weight excluding hydrogens is 483 g/mol. The van der Waals surface area contributed by atoms with Crippen LogP contribution < -0.4 is 15.4 Å². The van der Waals surface area contributed by atoms with E-state index >= 15 is 0 Å². The fourth-order valence-corrected chi connectivity index (χ4v) is 3.69. The van der Waals surface area contributed by atoms with Crippen molar-refractivity contribution in [3.63, 3.8) is 0 Å². The second-order valence-electron chi connectivity index (χ2n) is 7.31. The molecule has 2 aliphatic heterocycles. The molecule has 0 spiro atoms. The molecule has 0 radical (unpaired) electrons. The number of morpholine rings is 1. The number of ether oxygens (including phenoxy) is 3. The van der Waals surface area contributed by atoms with E-state index in [1.54, 1.807) is 7.11 Å². The fraction of sp³-hybridized carbons (Fsp3) is 0.667. The third kappa shape index (κ3) is 7.92. The van der Waals surface area contributed by atoms with Crippen molar-refractivity contribution in [2.75, 3.05) is 58.4 Å². The smallest absolute Gasteiger partial charge is 0.195 e. The predicted molar refractivity (Wildman–Crippen MR) is 128 cm³/mol. The van der Waals surface area contributed by atoms with Crippen LogP contribution >= 0.6 is 24.0 Å². The summed E-state index contributed by atoms with van der Waals surface area (Å²) in [7, 11) is 1.70. The fourth-order valence-electron chi connectivity index (χ4n) is 3.69. The van der Waals surface area contributed by atoms with Gasteiger partial charge in [0.2, 0.25) is 0 Å². The predicted octanol–water partition coefficient (Wildman–Crippen LogP) is 2.96. The Morgan fingerprint density at radius 3 is 3.07 bits per heavy atom. The lowest BCUT2D eigenvalue weighted by molar-refractivity contribution is -0.0431. The third-order valence-electron chi connectivity index (χ3n) is 5.12. The van der Waals surface area contributed by atoms with Gasteiger partial charge >= 0.3 is 0 Å². The zero-order valence-electron chi connectivity index (χ0n) is 17.6. The van der Waals surface area contributed by atoms with Crippen molar-refractivity contribution in [1.29, 1.82) is 0 Å². The van der Waals surface area contributed by atoms with E-state index in [1.165, 1.54) is 19.4 Å². The Kier molecular flexibility index (Phi) is 11.0. The van der Waals surface area contributed by atoms with Crippen LogP contribution in [0.4, 0.5) is 5.69 Å². The number of nitrogens with zero attached hydrogens (tertiary/aromatic N) is 2. The van der Waals surface area contributed by atoms with Gasteiger partial charge in [0, 0.05) is 51.0 Å². The van der Waals surface area contributed by atoms with Gasteiger partial charge in [-0.3, -0.25) is 9.89 Å². The normalized spacial score (nSPS) is 21.9. The lowest BCUT2D eigenvalue weighted by Gasteiger charge is -2.34. The van der Waals surface area contributed by atoms with Gasteiger partial charge in [0.25, 0.3) is 0 Å². The average Bonchev–Trinajstić information content (AvgIpc) is 3.18. The molecule has 2 unspecified atom stereocenters. The Balaban J connectivity index is 0.00000300. The third-order valence-corrected chi connectivity index (χ3v) is 5.12. The topological polar surface area (TPSA) is 67.4 Å². The molecule has 7 nitrogen and oxygen atoms in total. The molecule has 0 saturated carbocycles. The number of aliphatic imine (C=N–C) groups is 1. The molecule has 0 bridgehead atoms. The maximum absolute atomic E-state index is 6.02. The summed E-state index contributed by atoms with van der Waals surface area (Å²) in [5.41, 5.74) is 0.952. The molecular formula is C21H35IN4O3. The maximum atomic E-state index is 6.02. The molecule has 2 atom stereocenters. The molecule has 1 aromatic carbocycles. The number of rotatable bonds is 9. The van der Waals surface area contributed by atoms with Gasteiger partial charge < -0.3 is 24.8 Å². The molecule has 2 heterocycles. The summed E-state index contributed by atoms with van der Waals surface area (Å²) < 4.78 is 16.9. The quantitative estimate of drug-likeness (QED) is 0.227. The van der Waals surface area contributed by atoms with Gasteiger partial charge in [0.15, 0.2) is 5.96 Å². The second kappa shape index (κ2) is 13.3. The van der Waals surface area contributed by atoms with Crippen molar-refractivity contribution in [3.8, 4) is 5.75 Å². The lowest BCUT2D eigenvalue weighted by atomic mass is 10.2. The SMILES string of the molecule is CCNC(=NCC1CN2CCCC2CO1)Nc1cccc(OCCCOC)c1.I. The Labute approximate surface area is 191 Å². The van der Waals surface area contributed by atoms with E-state index in [0.717, 1.165) is 43.5 Å². The van der Waals surface area contributed by atoms with Crippen molar-refractivity contribution in [1.82, 2.24) is 10.2 Å². The standard InChI is InChI=1S/C21H34N4O3.HI/c1-3-22-21(23-14-20-15-25-10-5-8-18(25)16-28-20)24-17-7-4-9-19(13-17)27-12-6-11-26-2;/h4,7,9,13,18,20H,3,5-6,8,10-12,14-16H2,1-2H3,(H2,22,23,24);1H. The molecule has 8 heteroatoms. The number of methoxy groups -OCH3 is 1. The van der Waals surface area contributed by atoms with Crippen LogP contribution in [0, 0.1) is 0 Å². The summed E-state index contributed by atoms with van der Waals surface area (Å²) in [6.07, 6.45) is 3.60. The Bertz CT molecular complexity index is 632. The highest BCUT2D eigenvalue weighted by atomic mass is 127. The minimum atomic E-state index is 0. The van der Waals surface area contributed by atoms with Crippen LogP contribution in [0.3, 0.4) is 0 Å². The van der Waals surface area contributed by atoms with Crippen molar-refractivity contribution in [3.05, 3.63) is 24.3 Å². The monoisotopic (exact) mass is 518 g/mol. The van der Waals surface area contributed by atoms with E-state index in [2.05, 4.69) is 22.5 Å². The second-order valence-corrected chi connectivity index (χ2v) is 7.31. The highest BCUT2D eigenvalue weighted by molar-refractivity contribution is 14.0. The van der Waals surface area contributed by atoms with E-state index in [1.807, 2.05) is 24.3 Å². The van der Waals surface area contributed by atoms with Gasteiger partial charge in [-0.25, -0.2) is 0 Å². The van der Waals surface area contributed by atoms with Crippen LogP contribution in [-0.4, -0.2) is 76.1 Å². The minimum Gasteiger partial charge on any atom is -0.493 e. The highest BCUT2D eigenvalue weighted by Crippen LogP contribution is 2.22. The summed E-state index contributed by atoms with van der Waals surface area (Å²) in [6.45, 7) is 7.90. The Morgan fingerprint density at radius 1 is 1.34 bits per heavy atom. The number of hydrogen-bond donors (Lipinski definition) is 2. The summed E-state index contributed by atoms with van der Waals surface area (Å²) >= 11 is 0. The minimum absolute atomic E-state index is 0. The van der Waals surface area contributed by atoms with Gasteiger partial charge in [0.05, 0.1) is 25.9 Å². The van der Waals surface area contributed by atoms with Gasteiger partial charge in [-0.2, -0.15) is 0 Å². The van der Waals surface area contributed by atoms with Crippen LogP contribution in [-0.2, 0) is 9.47 Å². The molecule has 2 N–H and O–H groups in total. The molecule has 2 fully saturated rings. The number of anilines is 1. The van der Waals surface area contributed by atoms with E-state index in [0.29, 0.717) is 25.8 Å². The van der Waals surface area contributed by atoms with Gasteiger partial charge in [0.1, 0.15) is 5.75 Å². The molecule has 3 rings (SSSR count). The first kappa shape index (κ1) is 24.2. The molecule has 2 aliphatic rings. The molecule has 164 valence electrons. The molecule has 2 saturated heterocycles. The number of guanidine groups is 1. The van der Waals surface area contributed by atoms with Crippen molar-refractivity contribution in [2.45, 2.75) is 38.3 Å². The molecule has 1 aromatic rings. The lowest BCUT2D eigenvalue weighted by Crippen LogP contribution is -2.47. The van der Waals surface area contributed by atoms with Gasteiger partial charge in [-0.1, -0.05) is 6.07 Å². The maximum Gasteiger partial charge on any atom is 0.195 e. The first-order valence-electron chi connectivity index (χ1n) is 10.4. The molecule has 0 aromatic heterocycles. The number of halogens is 1. The van der Waals surface area contributed by atoms with Crippen molar-refractivity contribution < 1.29 is 14.2 Å². The summed E-state index contributed by atoms with van der Waals surface area (Å²) in [6, 6.07) is 8.57. The summed E-state index contributed by atoms with van der Waals surface area (Å²) in [5, 5.41) is 6.68. The van der Waals surface area contributed by atoms with E-state index in [4.69, 9.17) is 19.2 Å². The van der Waals surface area contributed by atoms with Gasteiger partial charge in [-0.05, 0) is 38.4 Å². The van der Waals surface area contributed by atoms with Crippen LogP contribution in [0.2, 0.25) is 0 Å². The van der Waals surface area contributed by atoms with Crippen LogP contribution in [0.1, 0.15) is 26.2 Å². The zero-order valence-corrected chi connectivity index (χ0v) is 19.9. The Hall–Kier alpha value is -1.10. The first-order valence-corrected chi connectivity index (χ1v) is 10.4. The summed E-state index contributed by atoms with van der Waals surface area (Å²) in [5.74, 6) is 1.61. The number of fused-ring (bicyclic) bond motifs is 1. The number of hydrogen-bond acceptors (Lipinski definition) is 5. The highest BCUT2D eigenvalue weighted by Gasteiger charge is 2.31. The average molecular weight is 518 g/mol. The molecule has 0 aliphatic carbocycles. The van der Waals surface area contributed by atoms with Crippen molar-refractivity contribution >= 4 is 35.6 Å². The molecule has 0 amide bonds. The van der Waals surface area contributed by atoms with Gasteiger partial charge in [-0.15, -0.1) is 24.0 Å².